The van der Waals surface area contributed by atoms with Crippen molar-refractivity contribution in [2.24, 2.45) is 0 Å². The van der Waals surface area contributed by atoms with Gasteiger partial charge < -0.3 is 4.90 Å². The van der Waals surface area contributed by atoms with Gasteiger partial charge in [-0.25, -0.2) is 8.42 Å². The normalized spacial score (nSPS) is 11.1. The Balaban J connectivity index is 2.31. The Morgan fingerprint density at radius 1 is 1.22 bits per heavy atom. The highest BCUT2D eigenvalue weighted by atomic mass is 32.2. The van der Waals surface area contributed by atoms with Crippen LogP contribution in [0.4, 0.5) is 11.4 Å². The van der Waals surface area contributed by atoms with Crippen LogP contribution in [0.1, 0.15) is 25.0 Å². The smallest absolute Gasteiger partial charge is 0.270 e. The zero-order valence-corrected chi connectivity index (χ0v) is 16.1. The highest BCUT2D eigenvalue weighted by Gasteiger charge is 2.21. The van der Waals surface area contributed by atoms with Gasteiger partial charge in [-0.2, -0.15) is 0 Å². The molecule has 0 atom stereocenters. The zero-order chi connectivity index (χ0) is 20.2. The van der Waals surface area contributed by atoms with Crippen molar-refractivity contribution < 1.29 is 18.1 Å². The summed E-state index contributed by atoms with van der Waals surface area (Å²) >= 11 is 0. The molecule has 144 valence electrons. The Morgan fingerprint density at radius 3 is 2.52 bits per heavy atom. The third kappa shape index (κ3) is 5.04. The van der Waals surface area contributed by atoms with Crippen LogP contribution in [0.2, 0.25) is 0 Å². The number of benzene rings is 2. The predicted molar refractivity (Wildman–Crippen MR) is 102 cm³/mol. The second kappa shape index (κ2) is 8.17. The van der Waals surface area contributed by atoms with Crippen LogP contribution in [0.3, 0.4) is 0 Å². The van der Waals surface area contributed by atoms with E-state index in [1.807, 2.05) is 6.92 Å². The molecule has 0 aliphatic carbocycles. The van der Waals surface area contributed by atoms with E-state index >= 15 is 0 Å². The number of nitrogens with zero attached hydrogens (tertiary/aromatic N) is 2. The van der Waals surface area contributed by atoms with Crippen molar-refractivity contribution in [3.63, 3.8) is 0 Å². The number of hydrogen-bond donors (Lipinski definition) is 1. The summed E-state index contributed by atoms with van der Waals surface area (Å²) in [5.74, 6) is -0.0734. The van der Waals surface area contributed by atoms with Gasteiger partial charge >= 0.3 is 0 Å². The molecule has 27 heavy (non-hydrogen) atoms. The van der Waals surface area contributed by atoms with Crippen LogP contribution in [0.15, 0.2) is 47.4 Å². The van der Waals surface area contributed by atoms with E-state index in [4.69, 9.17) is 0 Å². The summed E-state index contributed by atoms with van der Waals surface area (Å²) in [5.41, 5.74) is 1.19. The highest BCUT2D eigenvalue weighted by molar-refractivity contribution is 7.92. The van der Waals surface area contributed by atoms with Crippen molar-refractivity contribution >= 4 is 27.3 Å². The third-order valence-corrected chi connectivity index (χ3v) is 5.58. The molecule has 2 aromatic rings. The number of rotatable bonds is 7. The van der Waals surface area contributed by atoms with Gasteiger partial charge in [0.05, 0.1) is 9.82 Å². The van der Waals surface area contributed by atoms with Gasteiger partial charge in [-0.1, -0.05) is 18.2 Å². The number of nitrogens with one attached hydrogen (secondary N) is 1. The molecule has 0 heterocycles. The number of nitro benzene ring substituents is 1. The van der Waals surface area contributed by atoms with Crippen LogP contribution in [-0.4, -0.2) is 30.7 Å². The van der Waals surface area contributed by atoms with Crippen molar-refractivity contribution in [2.45, 2.75) is 32.2 Å². The lowest BCUT2D eigenvalue weighted by Crippen LogP contribution is -2.27. The summed E-state index contributed by atoms with van der Waals surface area (Å²) in [6, 6.07) is 10.4. The van der Waals surface area contributed by atoms with E-state index in [0.717, 1.165) is 11.6 Å². The summed E-state index contributed by atoms with van der Waals surface area (Å²) in [6.07, 6.45) is 0. The molecule has 0 saturated heterocycles. The molecule has 0 fully saturated rings. The van der Waals surface area contributed by atoms with Crippen molar-refractivity contribution in [3.8, 4) is 0 Å². The molecule has 0 bridgehead atoms. The van der Waals surface area contributed by atoms with Gasteiger partial charge in [0.2, 0.25) is 5.91 Å². The van der Waals surface area contributed by atoms with Crippen LogP contribution in [0.25, 0.3) is 0 Å². The SMILES string of the molecule is CCN(Cc1cccc(NS(=O)(=O)c2cc([N+](=O)[O-])ccc2C)c1)C(C)=O. The number of nitro groups is 1. The van der Waals surface area contributed by atoms with Gasteiger partial charge in [0.1, 0.15) is 0 Å². The molecule has 8 nitrogen and oxygen atoms in total. The lowest BCUT2D eigenvalue weighted by atomic mass is 10.2. The van der Waals surface area contributed by atoms with Gasteiger partial charge in [0.25, 0.3) is 15.7 Å². The molecule has 2 rings (SSSR count). The van der Waals surface area contributed by atoms with Gasteiger partial charge in [-0.05, 0) is 37.1 Å². The number of aryl methyl sites for hydroxylation is 1. The lowest BCUT2D eigenvalue weighted by molar-refractivity contribution is -0.385. The summed E-state index contributed by atoms with van der Waals surface area (Å²) in [7, 11) is -4.00. The number of sulfonamides is 1. The van der Waals surface area contributed by atoms with E-state index in [9.17, 15) is 23.3 Å². The molecule has 2 aromatic carbocycles. The van der Waals surface area contributed by atoms with E-state index in [2.05, 4.69) is 4.72 Å². The van der Waals surface area contributed by atoms with E-state index in [1.165, 1.54) is 19.1 Å². The van der Waals surface area contributed by atoms with Gasteiger partial charge in [-0.15, -0.1) is 0 Å². The topological polar surface area (TPSA) is 110 Å². The molecule has 1 N–H and O–H groups in total. The van der Waals surface area contributed by atoms with Crippen LogP contribution in [0.5, 0.6) is 0 Å². The first-order valence-electron chi connectivity index (χ1n) is 8.26. The minimum absolute atomic E-state index is 0.0734. The molecule has 0 radical (unpaired) electrons. The predicted octanol–water partition coefficient (Wildman–Crippen LogP) is 3.07. The first kappa shape index (κ1) is 20.4. The largest absolute Gasteiger partial charge is 0.339 e. The molecule has 1 amide bonds. The standard InChI is InChI=1S/C18H21N3O5S/c1-4-20(14(3)22)12-15-6-5-7-16(10-15)19-27(25,26)18-11-17(21(23)24)9-8-13(18)2/h5-11,19H,4,12H2,1-3H3. The first-order chi connectivity index (χ1) is 12.6. The average Bonchev–Trinajstić information content (AvgIpc) is 2.59. The maximum absolute atomic E-state index is 12.7. The van der Waals surface area contributed by atoms with Crippen LogP contribution in [0, 0.1) is 17.0 Å². The van der Waals surface area contributed by atoms with Gasteiger partial charge in [0.15, 0.2) is 0 Å². The Morgan fingerprint density at radius 2 is 1.93 bits per heavy atom. The average molecular weight is 391 g/mol. The third-order valence-electron chi connectivity index (χ3n) is 4.05. The monoisotopic (exact) mass is 391 g/mol. The number of hydrogen-bond acceptors (Lipinski definition) is 5. The quantitative estimate of drug-likeness (QED) is 0.576. The fourth-order valence-electron chi connectivity index (χ4n) is 2.60. The van der Waals surface area contributed by atoms with Crippen molar-refractivity contribution in [1.82, 2.24) is 4.90 Å². The summed E-state index contributed by atoms with van der Waals surface area (Å²) in [4.78, 5) is 23.3. The highest BCUT2D eigenvalue weighted by Crippen LogP contribution is 2.24. The fraction of sp³-hybridized carbons (Fsp3) is 0.278. The molecular formula is C18H21N3O5S. The fourth-order valence-corrected chi connectivity index (χ4v) is 3.92. The zero-order valence-electron chi connectivity index (χ0n) is 15.3. The molecular weight excluding hydrogens is 370 g/mol. The minimum Gasteiger partial charge on any atom is -0.339 e. The molecule has 0 spiro atoms. The molecule has 0 saturated carbocycles. The Hall–Kier alpha value is -2.94. The van der Waals surface area contributed by atoms with Crippen molar-refractivity contribution in [3.05, 3.63) is 63.7 Å². The van der Waals surface area contributed by atoms with E-state index in [-0.39, 0.29) is 16.5 Å². The number of anilines is 1. The molecule has 0 aromatic heterocycles. The van der Waals surface area contributed by atoms with Crippen molar-refractivity contribution in [2.75, 3.05) is 11.3 Å². The number of amides is 1. The number of non-ortho nitro benzene ring substituents is 1. The Bertz CT molecular complexity index is 973. The lowest BCUT2D eigenvalue weighted by Gasteiger charge is -2.19. The Labute approximate surface area is 158 Å². The maximum atomic E-state index is 12.7. The van der Waals surface area contributed by atoms with Crippen molar-refractivity contribution in [1.29, 1.82) is 0 Å². The summed E-state index contributed by atoms with van der Waals surface area (Å²) in [6.45, 7) is 5.80. The number of carbonyl (C=O) groups excluding carboxylic acids is 1. The molecule has 0 aliphatic rings. The number of carbonyl (C=O) groups is 1. The van der Waals surface area contributed by atoms with Crippen LogP contribution >= 0.6 is 0 Å². The second-order valence-corrected chi connectivity index (χ2v) is 7.70. The van der Waals surface area contributed by atoms with Gasteiger partial charge in [-0.3, -0.25) is 19.6 Å². The van der Waals surface area contributed by atoms with Gasteiger partial charge in [0, 0.05) is 37.8 Å². The minimum atomic E-state index is -4.00. The summed E-state index contributed by atoms with van der Waals surface area (Å²) < 4.78 is 27.8. The molecule has 9 heteroatoms. The maximum Gasteiger partial charge on any atom is 0.270 e. The second-order valence-electron chi connectivity index (χ2n) is 6.05. The van der Waals surface area contributed by atoms with Crippen LogP contribution in [-0.2, 0) is 21.4 Å². The summed E-state index contributed by atoms with van der Waals surface area (Å²) in [5, 5.41) is 10.9. The van der Waals surface area contributed by atoms with E-state index < -0.39 is 14.9 Å². The first-order valence-corrected chi connectivity index (χ1v) is 9.74. The Kier molecular flexibility index (Phi) is 6.17. The van der Waals surface area contributed by atoms with Crippen LogP contribution < -0.4 is 4.72 Å². The molecule has 0 unspecified atom stereocenters. The van der Waals surface area contributed by atoms with E-state index in [1.54, 1.807) is 36.1 Å². The van der Waals surface area contributed by atoms with E-state index in [0.29, 0.717) is 24.3 Å². The molecule has 0 aliphatic heterocycles.